The number of pyridine rings is 1. The minimum absolute atomic E-state index is 0.0123. The summed E-state index contributed by atoms with van der Waals surface area (Å²) in [6, 6.07) is 7.37. The Labute approximate surface area is 139 Å². The van der Waals surface area contributed by atoms with Crippen LogP contribution in [0.25, 0.3) is 11.3 Å². The quantitative estimate of drug-likeness (QED) is 0.793. The van der Waals surface area contributed by atoms with E-state index < -0.39 is 11.9 Å². The molecule has 0 aliphatic rings. The van der Waals surface area contributed by atoms with Crippen LogP contribution in [0, 0.1) is 5.82 Å². The van der Waals surface area contributed by atoms with Crippen LogP contribution in [-0.4, -0.2) is 21.8 Å². The molecule has 0 saturated heterocycles. The number of aliphatic hydroxyl groups is 2. The summed E-state index contributed by atoms with van der Waals surface area (Å²) >= 11 is 11.7. The average Bonchev–Trinajstić information content (AvgIpc) is 2.51. The summed E-state index contributed by atoms with van der Waals surface area (Å²) < 4.78 is 13.2. The van der Waals surface area contributed by atoms with Gasteiger partial charge in [0.2, 0.25) is 0 Å². The zero-order valence-corrected chi connectivity index (χ0v) is 13.9. The molecule has 0 amide bonds. The summed E-state index contributed by atoms with van der Waals surface area (Å²) in [4.78, 5) is 4.13. The molecule has 1 heterocycles. The van der Waals surface area contributed by atoms with Crippen molar-refractivity contribution in [3.05, 3.63) is 51.9 Å². The van der Waals surface area contributed by atoms with Gasteiger partial charge in [-0.3, -0.25) is 0 Å². The van der Waals surface area contributed by atoms with Crippen molar-refractivity contribution in [2.75, 3.05) is 6.61 Å². The number of aliphatic hydroxyl groups excluding tert-OH is 2. The first-order chi connectivity index (χ1) is 10.5. The second-order valence-corrected chi connectivity index (χ2v) is 5.06. The Kier molecular flexibility index (Phi) is 7.76. The van der Waals surface area contributed by atoms with Gasteiger partial charge in [-0.25, -0.2) is 9.37 Å². The molecule has 2 aromatic rings. The molecule has 120 valence electrons. The highest BCUT2D eigenvalue weighted by atomic mass is 35.5. The lowest BCUT2D eigenvalue weighted by Gasteiger charge is -2.11. The molecule has 1 atom stereocenters. The van der Waals surface area contributed by atoms with Gasteiger partial charge in [-0.05, 0) is 35.9 Å². The SMILES string of the molecule is CC.OCCC(O)c1cc(Cl)nc(-c2ccc(F)c(Cl)c2)c1. The van der Waals surface area contributed by atoms with E-state index in [1.54, 1.807) is 6.07 Å². The molecule has 6 heteroatoms. The highest BCUT2D eigenvalue weighted by molar-refractivity contribution is 6.31. The second-order valence-electron chi connectivity index (χ2n) is 4.27. The Bertz CT molecular complexity index is 623. The van der Waals surface area contributed by atoms with Crippen LogP contribution >= 0.6 is 23.2 Å². The predicted molar refractivity (Wildman–Crippen MR) is 87.7 cm³/mol. The molecule has 22 heavy (non-hydrogen) atoms. The van der Waals surface area contributed by atoms with Crippen LogP contribution in [0.1, 0.15) is 31.9 Å². The highest BCUT2D eigenvalue weighted by Gasteiger charge is 2.12. The summed E-state index contributed by atoms with van der Waals surface area (Å²) in [5, 5.41) is 18.9. The van der Waals surface area contributed by atoms with E-state index in [1.807, 2.05) is 13.8 Å². The summed E-state index contributed by atoms with van der Waals surface area (Å²) in [6.45, 7) is 3.86. The molecule has 0 radical (unpaired) electrons. The number of hydrogen-bond donors (Lipinski definition) is 2. The van der Waals surface area contributed by atoms with Gasteiger partial charge in [0, 0.05) is 18.6 Å². The third-order valence-corrected chi connectivity index (χ3v) is 3.30. The number of rotatable bonds is 4. The molecule has 2 rings (SSSR count). The lowest BCUT2D eigenvalue weighted by atomic mass is 10.0. The fraction of sp³-hybridized carbons (Fsp3) is 0.312. The van der Waals surface area contributed by atoms with Crippen LogP contribution < -0.4 is 0 Å². The fourth-order valence-corrected chi connectivity index (χ4v) is 2.20. The summed E-state index contributed by atoms with van der Waals surface area (Å²) in [6.07, 6.45) is -0.639. The Morgan fingerprint density at radius 3 is 2.45 bits per heavy atom. The average molecular weight is 346 g/mol. The van der Waals surface area contributed by atoms with E-state index in [0.717, 1.165) is 0 Å². The third kappa shape index (κ3) is 4.92. The maximum Gasteiger partial charge on any atom is 0.141 e. The fourth-order valence-electron chi connectivity index (χ4n) is 1.80. The van der Waals surface area contributed by atoms with Crippen molar-refractivity contribution in [3.8, 4) is 11.3 Å². The van der Waals surface area contributed by atoms with E-state index >= 15 is 0 Å². The van der Waals surface area contributed by atoms with Gasteiger partial charge in [0.1, 0.15) is 11.0 Å². The second kappa shape index (κ2) is 9.06. The third-order valence-electron chi connectivity index (χ3n) is 2.82. The molecule has 1 aromatic heterocycles. The van der Waals surface area contributed by atoms with Crippen molar-refractivity contribution in [1.82, 2.24) is 4.98 Å². The first kappa shape index (κ1) is 18.8. The zero-order chi connectivity index (χ0) is 16.7. The smallest absolute Gasteiger partial charge is 0.141 e. The van der Waals surface area contributed by atoms with Gasteiger partial charge in [0.05, 0.1) is 16.8 Å². The van der Waals surface area contributed by atoms with Crippen molar-refractivity contribution in [1.29, 1.82) is 0 Å². The predicted octanol–water partition coefficient (Wildman–Crippen LogP) is 4.64. The minimum Gasteiger partial charge on any atom is -0.396 e. The molecular formula is C16H18Cl2FNO2. The highest BCUT2D eigenvalue weighted by Crippen LogP contribution is 2.28. The van der Waals surface area contributed by atoms with E-state index in [2.05, 4.69) is 4.98 Å². The molecule has 1 unspecified atom stereocenters. The number of nitrogens with zero attached hydrogens (tertiary/aromatic N) is 1. The molecular weight excluding hydrogens is 328 g/mol. The molecule has 0 spiro atoms. The maximum atomic E-state index is 13.2. The molecule has 3 nitrogen and oxygen atoms in total. The lowest BCUT2D eigenvalue weighted by molar-refractivity contribution is 0.134. The Balaban J connectivity index is 0.00000116. The van der Waals surface area contributed by atoms with Crippen molar-refractivity contribution < 1.29 is 14.6 Å². The van der Waals surface area contributed by atoms with Gasteiger partial charge in [0.15, 0.2) is 0 Å². The van der Waals surface area contributed by atoms with Crippen LogP contribution in [0.2, 0.25) is 10.2 Å². The largest absolute Gasteiger partial charge is 0.396 e. The van der Waals surface area contributed by atoms with Crippen LogP contribution in [-0.2, 0) is 0 Å². The number of aromatic nitrogens is 1. The van der Waals surface area contributed by atoms with E-state index in [0.29, 0.717) is 16.8 Å². The van der Waals surface area contributed by atoms with E-state index in [-0.39, 0.29) is 23.2 Å². The zero-order valence-electron chi connectivity index (χ0n) is 12.4. The van der Waals surface area contributed by atoms with Crippen molar-refractivity contribution >= 4 is 23.2 Å². The Morgan fingerprint density at radius 1 is 1.18 bits per heavy atom. The van der Waals surface area contributed by atoms with Gasteiger partial charge in [-0.1, -0.05) is 37.0 Å². The Hall–Kier alpha value is -1.20. The van der Waals surface area contributed by atoms with Gasteiger partial charge in [-0.2, -0.15) is 0 Å². The molecule has 0 fully saturated rings. The van der Waals surface area contributed by atoms with Crippen LogP contribution in [0.15, 0.2) is 30.3 Å². The van der Waals surface area contributed by atoms with Crippen molar-refractivity contribution in [2.45, 2.75) is 26.4 Å². The molecule has 0 aliphatic heterocycles. The molecule has 0 bridgehead atoms. The van der Waals surface area contributed by atoms with Crippen LogP contribution in [0.5, 0.6) is 0 Å². The van der Waals surface area contributed by atoms with Crippen LogP contribution in [0.3, 0.4) is 0 Å². The molecule has 0 saturated carbocycles. The number of halogens is 3. The number of benzene rings is 1. The van der Waals surface area contributed by atoms with Crippen LogP contribution in [0.4, 0.5) is 4.39 Å². The summed E-state index contributed by atoms with van der Waals surface area (Å²) in [5.74, 6) is -0.516. The Morgan fingerprint density at radius 2 is 1.86 bits per heavy atom. The van der Waals surface area contributed by atoms with Gasteiger partial charge in [0.25, 0.3) is 0 Å². The molecule has 2 N–H and O–H groups in total. The monoisotopic (exact) mass is 345 g/mol. The first-order valence-electron chi connectivity index (χ1n) is 6.93. The minimum atomic E-state index is -0.838. The van der Waals surface area contributed by atoms with E-state index in [4.69, 9.17) is 28.3 Å². The maximum absolute atomic E-state index is 13.2. The number of hydrogen-bond acceptors (Lipinski definition) is 3. The van der Waals surface area contributed by atoms with Crippen molar-refractivity contribution in [2.24, 2.45) is 0 Å². The first-order valence-corrected chi connectivity index (χ1v) is 7.68. The van der Waals surface area contributed by atoms with E-state index in [1.165, 1.54) is 24.3 Å². The van der Waals surface area contributed by atoms with Gasteiger partial charge < -0.3 is 10.2 Å². The molecule has 1 aromatic carbocycles. The summed E-state index contributed by atoms with van der Waals surface area (Å²) in [5.41, 5.74) is 1.61. The lowest BCUT2D eigenvalue weighted by Crippen LogP contribution is -2.01. The topological polar surface area (TPSA) is 53.4 Å². The van der Waals surface area contributed by atoms with Crippen molar-refractivity contribution in [3.63, 3.8) is 0 Å². The van der Waals surface area contributed by atoms with Gasteiger partial charge in [-0.15, -0.1) is 0 Å². The molecule has 0 aliphatic carbocycles. The standard InChI is InChI=1S/C14H12Cl2FNO2.C2H6/c15-10-5-8(1-2-11(10)17)12-6-9(7-14(16)18-12)13(20)3-4-19;1-2/h1-2,5-7,13,19-20H,3-4H2;1-2H3. The van der Waals surface area contributed by atoms with Gasteiger partial charge >= 0.3 is 0 Å². The normalized spacial score (nSPS) is 11.6. The van der Waals surface area contributed by atoms with E-state index in [9.17, 15) is 9.50 Å². The summed E-state index contributed by atoms with van der Waals surface area (Å²) in [7, 11) is 0.